The van der Waals surface area contributed by atoms with Crippen LogP contribution in [0, 0.1) is 11.7 Å². The van der Waals surface area contributed by atoms with Crippen molar-refractivity contribution in [3.63, 3.8) is 0 Å². The van der Waals surface area contributed by atoms with Crippen LogP contribution in [0.15, 0.2) is 28.4 Å². The molecular formula is C11H13FN2O. The van der Waals surface area contributed by atoms with Gasteiger partial charge >= 0.3 is 0 Å². The highest BCUT2D eigenvalue weighted by Gasteiger charge is 2.24. The molecule has 3 nitrogen and oxygen atoms in total. The van der Waals surface area contributed by atoms with Crippen LogP contribution in [0.5, 0.6) is 5.75 Å². The van der Waals surface area contributed by atoms with E-state index in [4.69, 9.17) is 4.74 Å². The van der Waals surface area contributed by atoms with E-state index in [-0.39, 0.29) is 17.6 Å². The van der Waals surface area contributed by atoms with Gasteiger partial charge in [-0.2, -0.15) is 10.2 Å². The van der Waals surface area contributed by atoms with Crippen molar-refractivity contribution < 1.29 is 9.13 Å². The maximum atomic E-state index is 13.4. The summed E-state index contributed by atoms with van der Waals surface area (Å²) in [7, 11) is 1.45. The predicted octanol–water partition coefficient (Wildman–Crippen LogP) is 2.98. The van der Waals surface area contributed by atoms with Gasteiger partial charge in [-0.3, -0.25) is 0 Å². The van der Waals surface area contributed by atoms with Crippen molar-refractivity contribution in [3.8, 4) is 5.75 Å². The summed E-state index contributed by atoms with van der Waals surface area (Å²) < 4.78 is 18.3. The Balaban J connectivity index is 2.30. The Bertz CT molecular complexity index is 392. The summed E-state index contributed by atoms with van der Waals surface area (Å²) in [4.78, 5) is 0. The summed E-state index contributed by atoms with van der Waals surface area (Å²) >= 11 is 0. The summed E-state index contributed by atoms with van der Waals surface area (Å²) in [6, 6.07) is 4.94. The van der Waals surface area contributed by atoms with Gasteiger partial charge in [-0.05, 0) is 17.7 Å². The van der Waals surface area contributed by atoms with Crippen LogP contribution < -0.4 is 4.74 Å². The normalized spacial score (nSPS) is 24.5. The Labute approximate surface area is 88.0 Å². The zero-order chi connectivity index (χ0) is 10.8. The minimum Gasteiger partial charge on any atom is -0.494 e. The standard InChI is InChI=1S/C11H13FN2O/c1-7-6-13-14-11(7)8-3-4-10(15-2)9(12)5-8/h3-5,7,11H,6H2,1-2H3. The molecule has 0 saturated carbocycles. The molecule has 0 spiro atoms. The largest absolute Gasteiger partial charge is 0.494 e. The predicted molar refractivity (Wildman–Crippen MR) is 54.6 cm³/mol. The van der Waals surface area contributed by atoms with Crippen molar-refractivity contribution in [3.05, 3.63) is 29.6 Å². The first kappa shape index (κ1) is 10.1. The van der Waals surface area contributed by atoms with E-state index in [1.54, 1.807) is 6.07 Å². The third-order valence-electron chi connectivity index (χ3n) is 2.63. The van der Waals surface area contributed by atoms with Gasteiger partial charge in [-0.15, -0.1) is 0 Å². The van der Waals surface area contributed by atoms with E-state index in [9.17, 15) is 4.39 Å². The van der Waals surface area contributed by atoms with Gasteiger partial charge in [-0.25, -0.2) is 4.39 Å². The lowest BCUT2D eigenvalue weighted by Crippen LogP contribution is -2.05. The zero-order valence-electron chi connectivity index (χ0n) is 8.77. The fourth-order valence-electron chi connectivity index (χ4n) is 1.74. The summed E-state index contributed by atoms with van der Waals surface area (Å²) in [6.45, 7) is 2.78. The number of ether oxygens (including phenoxy) is 1. The molecule has 4 heteroatoms. The van der Waals surface area contributed by atoms with E-state index in [0.717, 1.165) is 12.1 Å². The van der Waals surface area contributed by atoms with Crippen molar-refractivity contribution in [2.24, 2.45) is 16.1 Å². The van der Waals surface area contributed by atoms with Crippen molar-refractivity contribution in [2.45, 2.75) is 13.0 Å². The van der Waals surface area contributed by atoms with Crippen molar-refractivity contribution >= 4 is 0 Å². The van der Waals surface area contributed by atoms with Gasteiger partial charge in [0, 0.05) is 5.92 Å². The van der Waals surface area contributed by atoms with Crippen LogP contribution in [0.25, 0.3) is 0 Å². The number of methoxy groups -OCH3 is 1. The Morgan fingerprint density at radius 1 is 1.47 bits per heavy atom. The van der Waals surface area contributed by atoms with Crippen LogP contribution in [0.3, 0.4) is 0 Å². The van der Waals surface area contributed by atoms with E-state index in [1.807, 2.05) is 6.07 Å². The Hall–Kier alpha value is -1.45. The number of hydrogen-bond acceptors (Lipinski definition) is 3. The van der Waals surface area contributed by atoms with Gasteiger partial charge in [0.05, 0.1) is 13.7 Å². The lowest BCUT2D eigenvalue weighted by molar-refractivity contribution is 0.385. The first-order chi connectivity index (χ1) is 7.22. The summed E-state index contributed by atoms with van der Waals surface area (Å²) in [5.41, 5.74) is 0.863. The first-order valence-electron chi connectivity index (χ1n) is 4.92. The van der Waals surface area contributed by atoms with Crippen LogP contribution >= 0.6 is 0 Å². The Morgan fingerprint density at radius 3 is 2.80 bits per heavy atom. The van der Waals surface area contributed by atoms with Gasteiger partial charge in [0.1, 0.15) is 6.04 Å². The molecule has 2 atom stereocenters. The molecule has 0 aliphatic carbocycles. The molecular weight excluding hydrogens is 195 g/mol. The minimum absolute atomic E-state index is 0.00888. The summed E-state index contributed by atoms with van der Waals surface area (Å²) in [5.74, 6) is 0.267. The second-order valence-corrected chi connectivity index (χ2v) is 3.76. The molecule has 15 heavy (non-hydrogen) atoms. The van der Waals surface area contributed by atoms with Gasteiger partial charge in [0.15, 0.2) is 11.6 Å². The minimum atomic E-state index is -0.343. The summed E-state index contributed by atoms with van der Waals surface area (Å²) in [5, 5.41) is 8.07. The smallest absolute Gasteiger partial charge is 0.165 e. The first-order valence-corrected chi connectivity index (χ1v) is 4.92. The van der Waals surface area contributed by atoms with E-state index < -0.39 is 0 Å². The molecule has 80 valence electrons. The third-order valence-corrected chi connectivity index (χ3v) is 2.63. The lowest BCUT2D eigenvalue weighted by atomic mass is 9.96. The van der Waals surface area contributed by atoms with Crippen molar-refractivity contribution in [1.82, 2.24) is 0 Å². The van der Waals surface area contributed by atoms with Gasteiger partial charge < -0.3 is 4.74 Å². The lowest BCUT2D eigenvalue weighted by Gasteiger charge is -2.12. The Kier molecular flexibility index (Phi) is 2.66. The highest BCUT2D eigenvalue weighted by molar-refractivity contribution is 5.31. The number of halogens is 1. The molecule has 1 aromatic rings. The molecule has 2 unspecified atom stereocenters. The number of azo groups is 1. The molecule has 0 amide bonds. The second kappa shape index (κ2) is 3.96. The number of hydrogen-bond donors (Lipinski definition) is 0. The van der Waals surface area contributed by atoms with Crippen LogP contribution in [0.1, 0.15) is 18.5 Å². The molecule has 0 N–H and O–H groups in total. The third kappa shape index (κ3) is 1.84. The van der Waals surface area contributed by atoms with E-state index in [0.29, 0.717) is 5.92 Å². The maximum Gasteiger partial charge on any atom is 0.165 e. The molecule has 0 aromatic heterocycles. The molecule has 2 rings (SSSR count). The quantitative estimate of drug-likeness (QED) is 0.735. The molecule has 0 saturated heterocycles. The molecule has 1 aromatic carbocycles. The number of nitrogens with zero attached hydrogens (tertiary/aromatic N) is 2. The zero-order valence-corrected chi connectivity index (χ0v) is 8.77. The number of benzene rings is 1. The van der Waals surface area contributed by atoms with Crippen LogP contribution in [-0.2, 0) is 0 Å². The molecule has 0 fully saturated rings. The number of rotatable bonds is 2. The molecule has 1 aliphatic rings. The van der Waals surface area contributed by atoms with Gasteiger partial charge in [0.2, 0.25) is 0 Å². The van der Waals surface area contributed by atoms with Gasteiger partial charge in [-0.1, -0.05) is 13.0 Å². The fraction of sp³-hybridized carbons (Fsp3) is 0.455. The summed E-state index contributed by atoms with van der Waals surface area (Å²) in [6.07, 6.45) is 0. The molecule has 0 bridgehead atoms. The molecule has 1 heterocycles. The van der Waals surface area contributed by atoms with Crippen LogP contribution in [0.4, 0.5) is 4.39 Å². The maximum absolute atomic E-state index is 13.4. The van der Waals surface area contributed by atoms with Crippen LogP contribution in [0.2, 0.25) is 0 Å². The van der Waals surface area contributed by atoms with Crippen molar-refractivity contribution in [1.29, 1.82) is 0 Å². The fourth-order valence-corrected chi connectivity index (χ4v) is 1.74. The average Bonchev–Trinajstić information content (AvgIpc) is 2.64. The average molecular weight is 208 g/mol. The molecule has 0 radical (unpaired) electrons. The topological polar surface area (TPSA) is 34.0 Å². The van der Waals surface area contributed by atoms with E-state index in [1.165, 1.54) is 13.2 Å². The second-order valence-electron chi connectivity index (χ2n) is 3.76. The molecule has 1 aliphatic heterocycles. The highest BCUT2D eigenvalue weighted by Crippen LogP contribution is 2.33. The van der Waals surface area contributed by atoms with E-state index in [2.05, 4.69) is 17.2 Å². The van der Waals surface area contributed by atoms with Gasteiger partial charge in [0.25, 0.3) is 0 Å². The van der Waals surface area contributed by atoms with E-state index >= 15 is 0 Å². The SMILES string of the molecule is COc1ccc(C2N=NCC2C)cc1F. The van der Waals surface area contributed by atoms with Crippen LogP contribution in [-0.4, -0.2) is 13.7 Å². The Morgan fingerprint density at radius 2 is 2.27 bits per heavy atom. The van der Waals surface area contributed by atoms with Crippen molar-refractivity contribution in [2.75, 3.05) is 13.7 Å². The highest BCUT2D eigenvalue weighted by atomic mass is 19.1. The monoisotopic (exact) mass is 208 g/mol.